The molecule has 14 aromatic rings. The third kappa shape index (κ3) is 11.8. The molecule has 0 fully saturated rings. The Kier molecular flexibility index (Phi) is 16.1. The fourth-order valence-corrected chi connectivity index (χ4v) is 12.2. The summed E-state index contributed by atoms with van der Waals surface area (Å²) in [6.45, 7) is 19.4. The third-order valence-electron chi connectivity index (χ3n) is 16.8. The van der Waals surface area contributed by atoms with Crippen LogP contribution in [0.2, 0.25) is 0 Å². The van der Waals surface area contributed by atoms with E-state index in [1.807, 2.05) is 43.3 Å². The fraction of sp³-hybridized carbons (Fsp3) is 0.107. The van der Waals surface area contributed by atoms with Crippen LogP contribution >= 0.6 is 0 Å². The second kappa shape index (κ2) is 24.6. The van der Waals surface area contributed by atoms with Crippen LogP contribution in [0.1, 0.15) is 61.2 Å². The molecule has 1 heterocycles. The molecule has 0 aliphatic heterocycles. The molecule has 0 unspecified atom stereocenters. The molecule has 0 aliphatic carbocycles. The molecule has 422 valence electrons. The summed E-state index contributed by atoms with van der Waals surface area (Å²) in [4.78, 5) is 14.0. The minimum atomic E-state index is -0.325. The normalized spacial score (nSPS) is 11.0. The molecule has 0 aliphatic rings. The Balaban J connectivity index is 0.000000129. The van der Waals surface area contributed by atoms with Gasteiger partial charge < -0.3 is 9.32 Å². The maximum absolute atomic E-state index is 11.8. The number of aryl methyl sites for hydroxylation is 9. The van der Waals surface area contributed by atoms with E-state index in [-0.39, 0.29) is 5.63 Å². The van der Waals surface area contributed by atoms with Gasteiger partial charge in [-0.1, -0.05) is 228 Å². The summed E-state index contributed by atoms with van der Waals surface area (Å²) in [7, 11) is 0. The topological polar surface area (TPSA) is 33.5 Å². The summed E-state index contributed by atoms with van der Waals surface area (Å²) in [6.07, 6.45) is 0. The molecule has 3 heteroatoms. The molecule has 3 nitrogen and oxygen atoms in total. The highest BCUT2D eigenvalue weighted by molar-refractivity contribution is 6.29. The van der Waals surface area contributed by atoms with Crippen LogP contribution in [0.25, 0.3) is 87.8 Å². The van der Waals surface area contributed by atoms with E-state index in [0.717, 1.165) is 50.3 Å². The van der Waals surface area contributed by atoms with Crippen LogP contribution in [0, 0.1) is 74.2 Å². The van der Waals surface area contributed by atoms with E-state index in [4.69, 9.17) is 4.42 Å². The van der Waals surface area contributed by atoms with E-state index < -0.39 is 0 Å². The number of nitrogens with zero attached hydrogens (tertiary/aromatic N) is 1. The number of hydrogen-bond acceptors (Lipinski definition) is 3. The maximum Gasteiger partial charge on any atom is 0.336 e. The molecule has 1 aromatic heterocycles. The van der Waals surface area contributed by atoms with Crippen molar-refractivity contribution in [2.75, 3.05) is 4.90 Å². The Morgan fingerprint density at radius 2 is 0.667 bits per heavy atom. The van der Waals surface area contributed by atoms with Crippen molar-refractivity contribution in [3.05, 3.63) is 326 Å². The summed E-state index contributed by atoms with van der Waals surface area (Å²) >= 11 is 0. The highest BCUT2D eigenvalue weighted by Gasteiger charge is 2.20. The Bertz CT molecular complexity index is 4700. The number of hydrogen-bond donors (Lipinski definition) is 0. The van der Waals surface area contributed by atoms with Gasteiger partial charge in [-0.25, -0.2) is 4.79 Å². The van der Waals surface area contributed by atoms with Crippen molar-refractivity contribution >= 4 is 60.3 Å². The molecule has 14 rings (SSSR count). The van der Waals surface area contributed by atoms with E-state index in [9.17, 15) is 4.79 Å². The number of rotatable bonds is 7. The third-order valence-corrected chi connectivity index (χ3v) is 16.8. The van der Waals surface area contributed by atoms with Crippen molar-refractivity contribution in [3.63, 3.8) is 0 Å². The van der Waals surface area contributed by atoms with Crippen molar-refractivity contribution in [2.24, 2.45) is 0 Å². The predicted molar refractivity (Wildman–Crippen MR) is 371 cm³/mol. The van der Waals surface area contributed by atoms with Crippen LogP contribution in [0.5, 0.6) is 0 Å². The predicted octanol–water partition coefficient (Wildman–Crippen LogP) is 22.4. The van der Waals surface area contributed by atoms with Crippen LogP contribution < -0.4 is 10.5 Å². The van der Waals surface area contributed by atoms with Crippen molar-refractivity contribution in [1.29, 1.82) is 0 Å². The Morgan fingerprint density at radius 3 is 1.13 bits per heavy atom. The Morgan fingerprint density at radius 1 is 0.287 bits per heavy atom. The van der Waals surface area contributed by atoms with Crippen molar-refractivity contribution in [2.45, 2.75) is 62.3 Å². The zero-order chi connectivity index (χ0) is 60.3. The largest absolute Gasteiger partial charge is 0.423 e. The van der Waals surface area contributed by atoms with Crippen LogP contribution in [0.4, 0.5) is 17.1 Å². The summed E-state index contributed by atoms with van der Waals surface area (Å²) in [6, 6.07) is 89.6. The van der Waals surface area contributed by atoms with E-state index >= 15 is 0 Å². The summed E-state index contributed by atoms with van der Waals surface area (Å²) < 4.78 is 5.46. The monoisotopic (exact) mass is 1120 g/mol. The minimum absolute atomic E-state index is 0.325. The van der Waals surface area contributed by atoms with Gasteiger partial charge in [-0.2, -0.15) is 0 Å². The lowest BCUT2D eigenvalue weighted by molar-refractivity contribution is 0.560. The van der Waals surface area contributed by atoms with Crippen LogP contribution in [0.3, 0.4) is 0 Å². The molecule has 0 bridgehead atoms. The van der Waals surface area contributed by atoms with Crippen molar-refractivity contribution in [1.82, 2.24) is 0 Å². The minimum Gasteiger partial charge on any atom is -0.423 e. The molecule has 0 saturated heterocycles. The molecule has 0 saturated carbocycles. The van der Waals surface area contributed by atoms with E-state index in [2.05, 4.69) is 284 Å². The first-order chi connectivity index (χ1) is 42.3. The van der Waals surface area contributed by atoms with E-state index in [1.165, 1.54) is 116 Å². The zero-order valence-electron chi connectivity index (χ0n) is 51.0. The highest BCUT2D eigenvalue weighted by atomic mass is 16.4. The second-order valence-electron chi connectivity index (χ2n) is 23.2. The average molecular weight is 1120 g/mol. The van der Waals surface area contributed by atoms with Crippen molar-refractivity contribution < 1.29 is 4.42 Å². The SMILES string of the molecule is C(#Cc1ccccc1-c1ccccc1)c1ccccc1-c1ccccc1.Cc1ccc(C)c(-c2cc(C)c3ccc4c(-c5cc(C)ccc5C)cc(C)c5ccc2c3c54)c1.Cc1ccc(N(c2ccc(C)cc2)c2ccc3c(C)cc(=O)oc3c2)cc1. The number of fused-ring (bicyclic) bond motifs is 1. The van der Waals surface area contributed by atoms with Crippen LogP contribution in [-0.4, -0.2) is 0 Å². The first-order valence-electron chi connectivity index (χ1n) is 29.9. The lowest BCUT2D eigenvalue weighted by Crippen LogP contribution is -2.10. The molecular weight excluding hydrogens is 1050 g/mol. The van der Waals surface area contributed by atoms with Gasteiger partial charge >= 0.3 is 5.63 Å². The first kappa shape index (κ1) is 56.9. The van der Waals surface area contributed by atoms with Gasteiger partial charge in [-0.15, -0.1) is 0 Å². The molecule has 0 atom stereocenters. The Labute approximate surface area is 511 Å². The van der Waals surface area contributed by atoms with Gasteiger partial charge in [-0.3, -0.25) is 0 Å². The lowest BCUT2D eigenvalue weighted by Gasteiger charge is -2.26. The van der Waals surface area contributed by atoms with Crippen LogP contribution in [-0.2, 0) is 0 Å². The summed E-state index contributed by atoms with van der Waals surface area (Å²) in [5.74, 6) is 6.78. The van der Waals surface area contributed by atoms with Crippen LogP contribution in [0.15, 0.2) is 264 Å². The highest BCUT2D eigenvalue weighted by Crippen LogP contribution is 2.46. The molecular formula is C84H69NO2. The molecule has 0 radical (unpaired) electrons. The molecule has 87 heavy (non-hydrogen) atoms. The maximum atomic E-state index is 11.8. The summed E-state index contributed by atoms with van der Waals surface area (Å²) in [5.41, 5.74) is 26.8. The number of benzene rings is 13. The van der Waals surface area contributed by atoms with Gasteiger partial charge in [-0.05, 0) is 215 Å². The van der Waals surface area contributed by atoms with Crippen molar-refractivity contribution in [3.8, 4) is 56.3 Å². The molecule has 13 aromatic carbocycles. The van der Waals surface area contributed by atoms with Gasteiger partial charge in [0.15, 0.2) is 0 Å². The molecule has 0 N–H and O–H groups in total. The lowest BCUT2D eigenvalue weighted by atomic mass is 9.83. The van der Waals surface area contributed by atoms with Gasteiger partial charge in [0.1, 0.15) is 5.58 Å². The van der Waals surface area contributed by atoms with Gasteiger partial charge in [0.2, 0.25) is 0 Å². The molecule has 0 spiro atoms. The smallest absolute Gasteiger partial charge is 0.336 e. The quantitative estimate of drug-likeness (QED) is 0.0906. The molecule has 0 amide bonds. The van der Waals surface area contributed by atoms with Gasteiger partial charge in [0.25, 0.3) is 0 Å². The average Bonchev–Trinajstić information content (AvgIpc) is 0.833. The zero-order valence-corrected chi connectivity index (χ0v) is 51.0. The number of anilines is 3. The standard InChI is InChI=1S/C34H30.C26H18.C24H21NO2/c1-19-7-9-21(3)29(15-19)31-17-23(5)25-12-14-28-32(30-16-20(2)8-10-22(30)4)18-24(6)26-11-13-27(31)33(25)34(26)28;1-3-11-21(12-4-1)25-17-9-7-15-23(25)19-20-24-16-8-10-18-26(24)22-13-5-2-6-14-22;1-16-4-8-19(9-5-16)25(20-10-6-17(2)7-11-20)21-12-13-22-18(3)14-24(26)27-23(22)15-21/h7-18H,1-6H3;1-18H;4-15H,1-3H3. The second-order valence-corrected chi connectivity index (χ2v) is 23.2. The Hall–Kier alpha value is -10.5. The van der Waals surface area contributed by atoms with E-state index in [0.29, 0.717) is 5.58 Å². The summed E-state index contributed by atoms with van der Waals surface area (Å²) in [5, 5.41) is 9.18. The fourth-order valence-electron chi connectivity index (χ4n) is 12.2. The van der Waals surface area contributed by atoms with E-state index in [1.54, 1.807) is 0 Å². The van der Waals surface area contributed by atoms with Gasteiger partial charge in [0, 0.05) is 45.7 Å². The first-order valence-corrected chi connectivity index (χ1v) is 29.9. The van der Waals surface area contributed by atoms with Gasteiger partial charge in [0.05, 0.1) is 0 Å².